The lowest BCUT2D eigenvalue weighted by atomic mass is 10.3. The second kappa shape index (κ2) is 3.04. The normalized spacial score (nSPS) is 9.67. The number of nitrogen functional groups attached to an aromatic ring is 1. The van der Waals surface area contributed by atoms with E-state index in [9.17, 15) is 9.59 Å². The number of hydrogen-bond acceptors (Lipinski definition) is 4. The quantitative estimate of drug-likeness (QED) is 0.525. The Balaban J connectivity index is 3.01. The van der Waals surface area contributed by atoms with Crippen LogP contribution < -0.4 is 11.4 Å². The van der Waals surface area contributed by atoms with Crippen molar-refractivity contribution in [3.05, 3.63) is 22.2 Å². The van der Waals surface area contributed by atoms with E-state index in [1.165, 1.54) is 6.07 Å². The first-order valence-electron chi connectivity index (χ1n) is 3.15. The summed E-state index contributed by atoms with van der Waals surface area (Å²) in [4.78, 5) is 26.4. The van der Waals surface area contributed by atoms with Gasteiger partial charge in [0.2, 0.25) is 0 Å². The fraction of sp³-hybridized carbons (Fsp3) is 0.167. The number of aromatic nitrogens is 2. The van der Waals surface area contributed by atoms with E-state index >= 15 is 0 Å². The average Bonchev–Trinajstić information content (AvgIpc) is 1.81. The molecule has 0 amide bonds. The number of nitrogens with one attached hydrogen (secondary N) is 1. The average molecular weight is 169 g/mol. The van der Waals surface area contributed by atoms with Gasteiger partial charge in [-0.1, -0.05) is 0 Å². The predicted octanol–water partition coefficient (Wildman–Crippen LogP) is -1.02. The molecule has 4 N–H and O–H groups in total. The molecule has 0 aliphatic carbocycles. The van der Waals surface area contributed by atoms with Crippen molar-refractivity contribution in [1.29, 1.82) is 0 Å². The van der Waals surface area contributed by atoms with Crippen LogP contribution in [0.5, 0.6) is 0 Å². The molecular formula is C6H7N3O3. The highest BCUT2D eigenvalue weighted by Gasteiger charge is 2.02. The molecule has 64 valence electrons. The fourth-order valence-corrected chi connectivity index (χ4v) is 0.788. The molecule has 6 heteroatoms. The molecule has 0 saturated heterocycles. The zero-order valence-electron chi connectivity index (χ0n) is 6.07. The molecule has 0 aromatic carbocycles. The van der Waals surface area contributed by atoms with Crippen LogP contribution in [0.2, 0.25) is 0 Å². The molecule has 0 saturated carbocycles. The highest BCUT2D eigenvalue weighted by atomic mass is 16.4. The lowest BCUT2D eigenvalue weighted by molar-refractivity contribution is -0.136. The number of anilines is 1. The van der Waals surface area contributed by atoms with E-state index in [0.717, 1.165) is 0 Å². The molecule has 6 nitrogen and oxygen atoms in total. The van der Waals surface area contributed by atoms with E-state index in [1.807, 2.05) is 0 Å². The molecule has 0 atom stereocenters. The molecule has 1 rings (SSSR count). The van der Waals surface area contributed by atoms with Gasteiger partial charge in [-0.3, -0.25) is 4.79 Å². The van der Waals surface area contributed by atoms with E-state index in [1.54, 1.807) is 0 Å². The van der Waals surface area contributed by atoms with Crippen molar-refractivity contribution in [2.24, 2.45) is 0 Å². The minimum atomic E-state index is -1.03. The minimum absolute atomic E-state index is 0.0231. The zero-order valence-corrected chi connectivity index (χ0v) is 6.07. The summed E-state index contributed by atoms with van der Waals surface area (Å²) < 4.78 is 0. The van der Waals surface area contributed by atoms with Crippen molar-refractivity contribution < 1.29 is 9.90 Å². The number of carboxylic acid groups (broad SMARTS) is 1. The number of carbonyl (C=O) groups is 1. The number of nitrogens with zero attached hydrogens (tertiary/aromatic N) is 1. The van der Waals surface area contributed by atoms with E-state index in [-0.39, 0.29) is 17.9 Å². The second-order valence-electron chi connectivity index (χ2n) is 2.21. The Hall–Kier alpha value is -1.85. The third-order valence-electron chi connectivity index (χ3n) is 1.16. The summed E-state index contributed by atoms with van der Waals surface area (Å²) in [5.41, 5.74) is 4.83. The Morgan fingerprint density at radius 1 is 1.75 bits per heavy atom. The van der Waals surface area contributed by atoms with Crippen molar-refractivity contribution in [2.75, 3.05) is 5.73 Å². The summed E-state index contributed by atoms with van der Waals surface area (Å²) >= 11 is 0. The summed E-state index contributed by atoms with van der Waals surface area (Å²) in [6.45, 7) is 0. The molecule has 1 aromatic heterocycles. The van der Waals surface area contributed by atoms with Gasteiger partial charge in [0.05, 0.1) is 6.42 Å². The second-order valence-corrected chi connectivity index (χ2v) is 2.21. The van der Waals surface area contributed by atoms with Gasteiger partial charge in [0.15, 0.2) is 0 Å². The third-order valence-corrected chi connectivity index (χ3v) is 1.16. The van der Waals surface area contributed by atoms with E-state index in [4.69, 9.17) is 10.8 Å². The molecular weight excluding hydrogens is 162 g/mol. The summed E-state index contributed by atoms with van der Waals surface area (Å²) in [5.74, 6) is -1.01. The molecule has 0 radical (unpaired) electrons. The lowest BCUT2D eigenvalue weighted by Crippen LogP contribution is -2.16. The summed E-state index contributed by atoms with van der Waals surface area (Å²) in [6, 6.07) is 1.32. The largest absolute Gasteiger partial charge is 0.481 e. The Kier molecular flexibility index (Phi) is 2.09. The first-order valence-corrected chi connectivity index (χ1v) is 3.15. The summed E-state index contributed by atoms with van der Waals surface area (Å²) in [7, 11) is 0. The number of rotatable bonds is 2. The van der Waals surface area contributed by atoms with Crippen LogP contribution in [-0.2, 0) is 11.2 Å². The molecule has 1 aromatic rings. The lowest BCUT2D eigenvalue weighted by Gasteiger charge is -1.96. The Morgan fingerprint density at radius 2 is 2.42 bits per heavy atom. The van der Waals surface area contributed by atoms with Crippen LogP contribution in [0, 0.1) is 0 Å². The van der Waals surface area contributed by atoms with E-state index in [2.05, 4.69) is 9.97 Å². The number of aromatic amines is 1. The highest BCUT2D eigenvalue weighted by Crippen LogP contribution is 1.96. The number of aliphatic carboxylic acids is 1. The van der Waals surface area contributed by atoms with Crippen LogP contribution in [0.25, 0.3) is 0 Å². The first kappa shape index (κ1) is 8.25. The molecule has 12 heavy (non-hydrogen) atoms. The molecule has 0 spiro atoms. The summed E-state index contributed by atoms with van der Waals surface area (Å²) in [6.07, 6.45) is -0.262. The number of H-pyrrole nitrogens is 1. The van der Waals surface area contributed by atoms with Gasteiger partial charge >= 0.3 is 11.7 Å². The van der Waals surface area contributed by atoms with Gasteiger partial charge in [-0.2, -0.15) is 4.98 Å². The molecule has 1 heterocycles. The van der Waals surface area contributed by atoms with Gasteiger partial charge in [0, 0.05) is 11.8 Å². The molecule has 0 fully saturated rings. The first-order chi connectivity index (χ1) is 5.58. The van der Waals surface area contributed by atoms with Gasteiger partial charge in [-0.15, -0.1) is 0 Å². The van der Waals surface area contributed by atoms with Gasteiger partial charge in [-0.25, -0.2) is 4.79 Å². The van der Waals surface area contributed by atoms with Crippen molar-refractivity contribution in [3.63, 3.8) is 0 Å². The topological polar surface area (TPSA) is 109 Å². The Morgan fingerprint density at radius 3 is 2.92 bits per heavy atom. The van der Waals surface area contributed by atoms with E-state index < -0.39 is 11.7 Å². The van der Waals surface area contributed by atoms with Crippen LogP contribution in [0.15, 0.2) is 10.9 Å². The van der Waals surface area contributed by atoms with Gasteiger partial charge < -0.3 is 15.8 Å². The van der Waals surface area contributed by atoms with E-state index in [0.29, 0.717) is 0 Å². The van der Waals surface area contributed by atoms with Gasteiger partial charge in [0.1, 0.15) is 5.82 Å². The Bertz CT molecular complexity index is 357. The van der Waals surface area contributed by atoms with Crippen LogP contribution in [0.1, 0.15) is 5.69 Å². The molecule has 0 aliphatic heterocycles. The maximum absolute atomic E-state index is 10.7. The van der Waals surface area contributed by atoms with Crippen molar-refractivity contribution >= 4 is 11.8 Å². The maximum Gasteiger partial charge on any atom is 0.347 e. The van der Waals surface area contributed by atoms with Crippen molar-refractivity contribution in [3.8, 4) is 0 Å². The molecule has 0 bridgehead atoms. The standard InChI is InChI=1S/C6H7N3O3/c7-4-1-3(2-5(10)11)8-6(12)9-4/h1H,2H2,(H,10,11)(H3,7,8,9,12). The molecule has 0 unspecified atom stereocenters. The minimum Gasteiger partial charge on any atom is -0.481 e. The summed E-state index contributed by atoms with van der Waals surface area (Å²) in [5, 5.41) is 8.37. The predicted molar refractivity (Wildman–Crippen MR) is 40.6 cm³/mol. The van der Waals surface area contributed by atoms with Gasteiger partial charge in [-0.05, 0) is 0 Å². The Labute approximate surface area is 67.1 Å². The maximum atomic E-state index is 10.7. The fourth-order valence-electron chi connectivity index (χ4n) is 0.788. The van der Waals surface area contributed by atoms with Crippen LogP contribution in [0.4, 0.5) is 5.82 Å². The van der Waals surface area contributed by atoms with Gasteiger partial charge in [0.25, 0.3) is 0 Å². The smallest absolute Gasteiger partial charge is 0.347 e. The SMILES string of the molecule is Nc1cc(CC(=O)O)[nH]c(=O)n1. The number of nitrogens with two attached hydrogens (primary N) is 1. The van der Waals surface area contributed by atoms with Crippen molar-refractivity contribution in [2.45, 2.75) is 6.42 Å². The van der Waals surface area contributed by atoms with Crippen LogP contribution >= 0.6 is 0 Å². The zero-order chi connectivity index (χ0) is 9.14. The van der Waals surface area contributed by atoms with Crippen LogP contribution in [0.3, 0.4) is 0 Å². The highest BCUT2D eigenvalue weighted by molar-refractivity contribution is 5.69. The van der Waals surface area contributed by atoms with Crippen molar-refractivity contribution in [1.82, 2.24) is 9.97 Å². The monoisotopic (exact) mass is 169 g/mol. The number of hydrogen-bond donors (Lipinski definition) is 3. The number of carboxylic acids is 1. The van der Waals surface area contributed by atoms with Crippen LogP contribution in [-0.4, -0.2) is 21.0 Å². The molecule has 0 aliphatic rings. The third kappa shape index (κ3) is 2.08.